The number of piperidine rings is 1. The topological polar surface area (TPSA) is 38.3 Å². The van der Waals surface area contributed by atoms with Crippen LogP contribution >= 0.6 is 15.9 Å². The van der Waals surface area contributed by atoms with Crippen LogP contribution in [0.2, 0.25) is 0 Å². The summed E-state index contributed by atoms with van der Waals surface area (Å²) in [4.78, 5) is 11.8. The van der Waals surface area contributed by atoms with Gasteiger partial charge < -0.3 is 10.1 Å². The number of benzene rings is 1. The Morgan fingerprint density at radius 3 is 3.06 bits per heavy atom. The molecule has 17 heavy (non-hydrogen) atoms. The highest BCUT2D eigenvalue weighted by Gasteiger charge is 2.21. The molecular weight excluding hydrogens is 282 g/mol. The summed E-state index contributed by atoms with van der Waals surface area (Å²) >= 11 is 3.39. The molecule has 1 N–H and O–H groups in total. The summed E-state index contributed by atoms with van der Waals surface area (Å²) in [6, 6.07) is 7.68. The third-order valence-electron chi connectivity index (χ3n) is 2.86. The predicted molar refractivity (Wildman–Crippen MR) is 69.6 cm³/mol. The minimum Gasteiger partial charge on any atom is -0.460 e. The van der Waals surface area contributed by atoms with Crippen molar-refractivity contribution in [2.45, 2.75) is 31.9 Å². The first kappa shape index (κ1) is 12.6. The number of carbonyl (C=O) groups is 1. The van der Waals surface area contributed by atoms with Crippen LogP contribution in [0.5, 0.6) is 0 Å². The molecule has 4 heteroatoms. The van der Waals surface area contributed by atoms with Crippen LogP contribution in [0.4, 0.5) is 0 Å². The highest BCUT2D eigenvalue weighted by Crippen LogP contribution is 2.13. The van der Waals surface area contributed by atoms with Crippen LogP contribution in [0.1, 0.15) is 24.8 Å². The number of ether oxygens (including phenoxy) is 1. The molecule has 0 radical (unpaired) electrons. The van der Waals surface area contributed by atoms with Crippen LogP contribution in [-0.4, -0.2) is 18.6 Å². The normalized spacial score (nSPS) is 19.9. The molecule has 1 fully saturated rings. The molecule has 0 spiro atoms. The first-order valence-corrected chi connectivity index (χ1v) is 6.69. The SMILES string of the molecule is O=C(OCc1cccc(Br)c1)C1CCCCN1. The minimum atomic E-state index is -0.135. The highest BCUT2D eigenvalue weighted by atomic mass is 79.9. The highest BCUT2D eigenvalue weighted by molar-refractivity contribution is 9.10. The van der Waals surface area contributed by atoms with Gasteiger partial charge in [-0.05, 0) is 37.1 Å². The van der Waals surface area contributed by atoms with Crippen LogP contribution in [-0.2, 0) is 16.1 Å². The van der Waals surface area contributed by atoms with Crippen molar-refractivity contribution in [2.75, 3.05) is 6.54 Å². The van der Waals surface area contributed by atoms with Gasteiger partial charge in [0.05, 0.1) is 0 Å². The van der Waals surface area contributed by atoms with Crippen molar-refractivity contribution in [3.05, 3.63) is 34.3 Å². The van der Waals surface area contributed by atoms with Crippen molar-refractivity contribution in [2.24, 2.45) is 0 Å². The van der Waals surface area contributed by atoms with Gasteiger partial charge in [0.2, 0.25) is 0 Å². The molecule has 2 rings (SSSR count). The van der Waals surface area contributed by atoms with Crippen LogP contribution in [0.3, 0.4) is 0 Å². The molecule has 1 aromatic rings. The lowest BCUT2D eigenvalue weighted by atomic mass is 10.1. The number of hydrogen-bond acceptors (Lipinski definition) is 3. The minimum absolute atomic E-state index is 0.115. The molecule has 1 aliphatic heterocycles. The molecule has 1 atom stereocenters. The third-order valence-corrected chi connectivity index (χ3v) is 3.36. The number of esters is 1. The zero-order valence-electron chi connectivity index (χ0n) is 9.62. The second-order valence-electron chi connectivity index (χ2n) is 4.24. The summed E-state index contributed by atoms with van der Waals surface area (Å²) in [5, 5.41) is 3.18. The van der Waals surface area contributed by atoms with Gasteiger partial charge in [0.25, 0.3) is 0 Å². The maximum atomic E-state index is 11.8. The fourth-order valence-corrected chi connectivity index (χ4v) is 2.38. The second-order valence-corrected chi connectivity index (χ2v) is 5.16. The Kier molecular flexibility index (Phi) is 4.57. The van der Waals surface area contributed by atoms with Gasteiger partial charge in [-0.15, -0.1) is 0 Å². The van der Waals surface area contributed by atoms with Crippen molar-refractivity contribution in [1.29, 1.82) is 0 Å². The summed E-state index contributed by atoms with van der Waals surface area (Å²) in [6.45, 7) is 1.26. The average molecular weight is 298 g/mol. The molecule has 0 amide bonds. The number of rotatable bonds is 3. The summed E-state index contributed by atoms with van der Waals surface area (Å²) in [5.41, 5.74) is 1.00. The number of hydrogen-bond donors (Lipinski definition) is 1. The van der Waals surface area contributed by atoms with E-state index in [1.54, 1.807) is 0 Å². The maximum Gasteiger partial charge on any atom is 0.323 e. The Morgan fingerprint density at radius 1 is 1.47 bits per heavy atom. The maximum absolute atomic E-state index is 11.8. The van der Waals surface area contributed by atoms with Crippen LogP contribution in [0, 0.1) is 0 Å². The summed E-state index contributed by atoms with van der Waals surface area (Å²) in [5.74, 6) is -0.135. The summed E-state index contributed by atoms with van der Waals surface area (Å²) in [6.07, 6.45) is 3.14. The van der Waals surface area contributed by atoms with Gasteiger partial charge >= 0.3 is 5.97 Å². The third kappa shape index (κ3) is 3.82. The van der Waals surface area contributed by atoms with E-state index in [9.17, 15) is 4.79 Å². The molecule has 0 aliphatic carbocycles. The van der Waals surface area contributed by atoms with E-state index in [0.29, 0.717) is 6.61 Å². The van der Waals surface area contributed by atoms with Crippen molar-refractivity contribution >= 4 is 21.9 Å². The molecular formula is C13H16BrNO2. The molecule has 1 aliphatic rings. The van der Waals surface area contributed by atoms with E-state index in [1.165, 1.54) is 0 Å². The molecule has 0 aromatic heterocycles. The van der Waals surface area contributed by atoms with Crippen LogP contribution in [0.25, 0.3) is 0 Å². The number of nitrogens with one attached hydrogen (secondary N) is 1. The van der Waals surface area contributed by atoms with Gasteiger partial charge in [-0.25, -0.2) is 0 Å². The predicted octanol–water partition coefficient (Wildman–Crippen LogP) is 2.63. The molecule has 0 saturated carbocycles. The Bertz CT molecular complexity index is 389. The van der Waals surface area contributed by atoms with Gasteiger partial charge in [0.1, 0.15) is 12.6 Å². The van der Waals surface area contributed by atoms with Gasteiger partial charge in [-0.2, -0.15) is 0 Å². The standard InChI is InChI=1S/C13H16BrNO2/c14-11-5-3-4-10(8-11)9-17-13(16)12-6-1-2-7-15-12/h3-5,8,12,15H,1-2,6-7,9H2. The lowest BCUT2D eigenvalue weighted by molar-refractivity contribution is -0.148. The number of halogens is 1. The molecule has 1 saturated heterocycles. The van der Waals surface area contributed by atoms with Crippen molar-refractivity contribution < 1.29 is 9.53 Å². The first-order chi connectivity index (χ1) is 8.25. The molecule has 0 bridgehead atoms. The second kappa shape index (κ2) is 6.17. The fourth-order valence-electron chi connectivity index (χ4n) is 1.93. The van der Waals surface area contributed by atoms with E-state index >= 15 is 0 Å². The van der Waals surface area contributed by atoms with Gasteiger partial charge in [0.15, 0.2) is 0 Å². The van der Waals surface area contributed by atoms with E-state index in [-0.39, 0.29) is 12.0 Å². The van der Waals surface area contributed by atoms with E-state index < -0.39 is 0 Å². The molecule has 3 nitrogen and oxygen atoms in total. The monoisotopic (exact) mass is 297 g/mol. The van der Waals surface area contributed by atoms with E-state index in [2.05, 4.69) is 21.2 Å². The van der Waals surface area contributed by atoms with Crippen LogP contribution in [0.15, 0.2) is 28.7 Å². The van der Waals surface area contributed by atoms with Gasteiger partial charge in [0, 0.05) is 4.47 Å². The smallest absolute Gasteiger partial charge is 0.323 e. The number of carbonyl (C=O) groups excluding carboxylic acids is 1. The molecule has 1 heterocycles. The zero-order valence-corrected chi connectivity index (χ0v) is 11.2. The molecule has 1 aromatic carbocycles. The van der Waals surface area contributed by atoms with E-state index in [4.69, 9.17) is 4.74 Å². The molecule has 92 valence electrons. The quantitative estimate of drug-likeness (QED) is 0.872. The van der Waals surface area contributed by atoms with Crippen LogP contribution < -0.4 is 5.32 Å². The summed E-state index contributed by atoms with van der Waals surface area (Å²) < 4.78 is 6.30. The largest absolute Gasteiger partial charge is 0.460 e. The van der Waals surface area contributed by atoms with Crippen molar-refractivity contribution in [1.82, 2.24) is 5.32 Å². The van der Waals surface area contributed by atoms with E-state index in [1.807, 2.05) is 24.3 Å². The molecule has 1 unspecified atom stereocenters. The Labute approximate surface area is 110 Å². The Balaban J connectivity index is 1.83. The van der Waals surface area contributed by atoms with Crippen molar-refractivity contribution in [3.8, 4) is 0 Å². The van der Waals surface area contributed by atoms with Crippen molar-refractivity contribution in [3.63, 3.8) is 0 Å². The zero-order chi connectivity index (χ0) is 12.1. The Hall–Kier alpha value is -0.870. The summed E-state index contributed by atoms with van der Waals surface area (Å²) in [7, 11) is 0. The fraction of sp³-hybridized carbons (Fsp3) is 0.462. The Morgan fingerprint density at radius 2 is 2.35 bits per heavy atom. The van der Waals surface area contributed by atoms with E-state index in [0.717, 1.165) is 35.8 Å². The van der Waals surface area contributed by atoms with Gasteiger partial charge in [-0.3, -0.25) is 4.79 Å². The average Bonchev–Trinajstić information content (AvgIpc) is 2.37. The lowest BCUT2D eigenvalue weighted by Crippen LogP contribution is -2.41. The van der Waals surface area contributed by atoms with Gasteiger partial charge in [-0.1, -0.05) is 34.5 Å². The first-order valence-electron chi connectivity index (χ1n) is 5.90. The lowest BCUT2D eigenvalue weighted by Gasteiger charge is -2.21.